The summed E-state index contributed by atoms with van der Waals surface area (Å²) < 4.78 is 16.2. The first kappa shape index (κ1) is 41.8. The zero-order valence-corrected chi connectivity index (χ0v) is 35.9. The molecule has 1 unspecified atom stereocenters. The zero-order valence-electron chi connectivity index (χ0n) is 35.9. The Morgan fingerprint density at radius 3 is 2.47 bits per heavy atom. The number of aryl methyl sites for hydroxylation is 2. The first-order valence-electron chi connectivity index (χ1n) is 21.3. The number of fused-ring (bicyclic) bond motifs is 6. The van der Waals surface area contributed by atoms with Gasteiger partial charge in [-0.1, -0.05) is 27.7 Å². The number of nitrogens with zero attached hydrogens (tertiary/aromatic N) is 5. The number of phenolic OH excluding ortho intramolecular Hbond substituents is 3. The number of carbonyl (C=O) groups excluding carboxylic acids is 3. The second-order valence-electron chi connectivity index (χ2n) is 16.7. The van der Waals surface area contributed by atoms with Crippen LogP contribution in [0.5, 0.6) is 17.2 Å². The van der Waals surface area contributed by atoms with Crippen LogP contribution in [0.15, 0.2) is 70.3 Å². The molecule has 3 aromatic carbocycles. The minimum atomic E-state index is -1.86. The number of benzene rings is 3. The molecule has 4 N–H and O–H groups in total. The SMILES string of the molecule is CCc1c2c(nc3ccc(O)cc13)-c1cc3c(c(=O)n1C2)COC(=O)C3(CC)OC(=O)CCCCC(=O)c1cc2cc(-n3c(-c4cc(C(C)C)c(O)cc4O)n[nH]c3=O)ccc2n1C. The molecule has 0 amide bonds. The number of esters is 2. The van der Waals surface area contributed by atoms with Crippen molar-refractivity contribution in [1.29, 1.82) is 0 Å². The van der Waals surface area contributed by atoms with Crippen LogP contribution in [0, 0.1) is 0 Å². The highest BCUT2D eigenvalue weighted by atomic mass is 16.6. The minimum Gasteiger partial charge on any atom is -0.508 e. The second kappa shape index (κ2) is 15.7. The molecule has 328 valence electrons. The van der Waals surface area contributed by atoms with Crippen LogP contribution in [-0.2, 0) is 51.3 Å². The van der Waals surface area contributed by atoms with Gasteiger partial charge in [0, 0.05) is 53.4 Å². The van der Waals surface area contributed by atoms with Gasteiger partial charge in [-0.15, -0.1) is 0 Å². The molecule has 0 saturated carbocycles. The van der Waals surface area contributed by atoms with Gasteiger partial charge in [-0.2, -0.15) is 5.10 Å². The van der Waals surface area contributed by atoms with Crippen LogP contribution < -0.4 is 11.2 Å². The number of phenols is 3. The van der Waals surface area contributed by atoms with Crippen molar-refractivity contribution >= 4 is 39.5 Å². The number of hydrogen-bond donors (Lipinski definition) is 4. The lowest BCUT2D eigenvalue weighted by molar-refractivity contribution is -0.189. The molecular formula is C48H46N6O10. The maximum Gasteiger partial charge on any atom is 0.355 e. The highest BCUT2D eigenvalue weighted by Gasteiger charge is 2.50. The lowest BCUT2D eigenvalue weighted by Crippen LogP contribution is -2.47. The zero-order chi connectivity index (χ0) is 45.4. The molecule has 16 heteroatoms. The number of carbonyl (C=O) groups is 3. The molecule has 0 spiro atoms. The van der Waals surface area contributed by atoms with Gasteiger partial charge in [-0.25, -0.2) is 24.2 Å². The Kier molecular flexibility index (Phi) is 10.3. The number of ether oxygens (including phenoxy) is 2. The number of cyclic esters (lactones) is 1. The van der Waals surface area contributed by atoms with Gasteiger partial charge in [0.15, 0.2) is 11.6 Å². The van der Waals surface area contributed by atoms with Gasteiger partial charge in [-0.3, -0.25) is 14.4 Å². The smallest absolute Gasteiger partial charge is 0.355 e. The molecule has 0 bridgehead atoms. The second-order valence-corrected chi connectivity index (χ2v) is 16.7. The third-order valence-corrected chi connectivity index (χ3v) is 12.7. The number of Topliss-reactive ketones (excluding diaryl/α,β-unsaturated/α-hetero) is 1. The van der Waals surface area contributed by atoms with E-state index in [0.717, 1.165) is 22.0 Å². The lowest BCUT2D eigenvalue weighted by Gasteiger charge is -2.35. The van der Waals surface area contributed by atoms with Crippen LogP contribution in [-0.4, -0.2) is 61.9 Å². The highest BCUT2D eigenvalue weighted by Crippen LogP contribution is 2.43. The Morgan fingerprint density at radius 2 is 1.72 bits per heavy atom. The van der Waals surface area contributed by atoms with Crippen molar-refractivity contribution in [3.63, 3.8) is 0 Å². The van der Waals surface area contributed by atoms with Crippen molar-refractivity contribution in [2.45, 2.75) is 90.9 Å². The number of nitrogens with one attached hydrogen (secondary N) is 1. The van der Waals surface area contributed by atoms with E-state index in [9.17, 15) is 39.3 Å². The first-order chi connectivity index (χ1) is 30.6. The summed E-state index contributed by atoms with van der Waals surface area (Å²) in [5.41, 5.74) is 3.72. The van der Waals surface area contributed by atoms with E-state index >= 15 is 0 Å². The number of unbranched alkanes of at least 4 members (excludes halogenated alkanes) is 1. The number of ketones is 1. The van der Waals surface area contributed by atoms with Crippen LogP contribution >= 0.6 is 0 Å². The van der Waals surface area contributed by atoms with E-state index in [2.05, 4.69) is 10.2 Å². The van der Waals surface area contributed by atoms with Crippen molar-refractivity contribution in [2.24, 2.45) is 7.05 Å². The summed E-state index contributed by atoms with van der Waals surface area (Å²) in [7, 11) is 1.77. The Bertz CT molecular complexity index is 3250. The molecule has 0 aliphatic carbocycles. The summed E-state index contributed by atoms with van der Waals surface area (Å²) in [5, 5.41) is 39.4. The Balaban J connectivity index is 0.910. The Morgan fingerprint density at radius 1 is 0.938 bits per heavy atom. The monoisotopic (exact) mass is 866 g/mol. The molecule has 9 rings (SSSR count). The van der Waals surface area contributed by atoms with Gasteiger partial charge in [0.05, 0.1) is 46.0 Å². The van der Waals surface area contributed by atoms with E-state index in [4.69, 9.17) is 14.5 Å². The van der Waals surface area contributed by atoms with Crippen molar-refractivity contribution < 1.29 is 39.2 Å². The van der Waals surface area contributed by atoms with E-state index in [0.29, 0.717) is 52.1 Å². The maximum atomic E-state index is 14.1. The third kappa shape index (κ3) is 6.62. The van der Waals surface area contributed by atoms with Crippen molar-refractivity contribution in [2.75, 3.05) is 0 Å². The van der Waals surface area contributed by atoms with Gasteiger partial charge < -0.3 is 33.9 Å². The van der Waals surface area contributed by atoms with E-state index < -0.39 is 23.2 Å². The van der Waals surface area contributed by atoms with Gasteiger partial charge in [0.25, 0.3) is 5.56 Å². The first-order valence-corrected chi connectivity index (χ1v) is 21.3. The summed E-state index contributed by atoms with van der Waals surface area (Å²) in [6, 6.07) is 16.5. The third-order valence-electron chi connectivity index (χ3n) is 12.7. The largest absolute Gasteiger partial charge is 0.508 e. The predicted molar refractivity (Wildman–Crippen MR) is 236 cm³/mol. The normalized spacial score (nSPS) is 15.4. The Hall–Kier alpha value is -7.49. The van der Waals surface area contributed by atoms with E-state index in [1.807, 2.05) is 20.8 Å². The van der Waals surface area contributed by atoms with E-state index in [1.54, 1.807) is 77.7 Å². The number of aromatic hydroxyl groups is 3. The molecule has 0 fully saturated rings. The molecule has 0 saturated heterocycles. The summed E-state index contributed by atoms with van der Waals surface area (Å²) in [6.07, 6.45) is 1.28. The van der Waals surface area contributed by atoms with Gasteiger partial charge in [0.2, 0.25) is 5.60 Å². The van der Waals surface area contributed by atoms with E-state index in [-0.39, 0.29) is 95.9 Å². The predicted octanol–water partition coefficient (Wildman–Crippen LogP) is 6.91. The average molecular weight is 867 g/mol. The van der Waals surface area contributed by atoms with Crippen molar-refractivity contribution in [1.82, 2.24) is 28.9 Å². The van der Waals surface area contributed by atoms with Crippen LogP contribution in [0.4, 0.5) is 0 Å². The molecule has 2 aliphatic rings. The fourth-order valence-corrected chi connectivity index (χ4v) is 9.34. The molecule has 2 aliphatic heterocycles. The number of hydrogen-bond acceptors (Lipinski definition) is 12. The van der Waals surface area contributed by atoms with Crippen LogP contribution in [0.1, 0.15) is 104 Å². The number of aromatic nitrogens is 6. The number of H-pyrrole nitrogens is 1. The molecule has 16 nitrogen and oxygen atoms in total. The van der Waals surface area contributed by atoms with Gasteiger partial charge in [-0.05, 0) is 97.3 Å². The summed E-state index contributed by atoms with van der Waals surface area (Å²) in [6.45, 7) is 7.47. The molecule has 6 heterocycles. The van der Waals surface area contributed by atoms with Crippen LogP contribution in [0.2, 0.25) is 0 Å². The van der Waals surface area contributed by atoms with E-state index in [1.165, 1.54) is 10.6 Å². The quantitative estimate of drug-likeness (QED) is 0.0559. The van der Waals surface area contributed by atoms with Gasteiger partial charge >= 0.3 is 17.6 Å². The summed E-state index contributed by atoms with van der Waals surface area (Å²) >= 11 is 0. The van der Waals surface area contributed by atoms with Crippen LogP contribution in [0.3, 0.4) is 0 Å². The topological polar surface area (TPSA) is 221 Å². The number of pyridine rings is 2. The van der Waals surface area contributed by atoms with Crippen molar-refractivity contribution in [3.8, 4) is 45.7 Å². The molecule has 1 atom stereocenters. The number of rotatable bonds is 12. The molecular weight excluding hydrogens is 821 g/mol. The number of aromatic amines is 1. The standard InChI is InChI=1S/C48H46N6O10/c1-6-28-30-18-27(55)13-14-35(30)49-43-32(28)22-53-38(43)20-34-33(45(53)60)23-63-46(61)48(34,7-2)64-42(59)11-9-8-10-39(56)37-17-25-16-26(12-15-36(25)52(37)5)54-44(50-51-47(54)62)31-19-29(24(3)4)40(57)21-41(31)58/h12-21,24,55,57-58H,6-11,22-23H2,1-5H3,(H,51,62). The van der Waals surface area contributed by atoms with Gasteiger partial charge in [0.1, 0.15) is 23.9 Å². The average Bonchev–Trinajstić information content (AvgIpc) is 3.94. The highest BCUT2D eigenvalue weighted by molar-refractivity contribution is 6.00. The fraction of sp³-hybridized carbons (Fsp3) is 0.312. The molecule has 4 aromatic heterocycles. The Labute approximate surface area is 365 Å². The molecule has 0 radical (unpaired) electrons. The minimum absolute atomic E-state index is 0.0150. The summed E-state index contributed by atoms with van der Waals surface area (Å²) in [5.74, 6) is -1.74. The summed E-state index contributed by atoms with van der Waals surface area (Å²) in [4.78, 5) is 72.8. The fourth-order valence-electron chi connectivity index (χ4n) is 9.34. The lowest BCUT2D eigenvalue weighted by atomic mass is 9.85. The molecule has 7 aromatic rings. The molecule has 64 heavy (non-hydrogen) atoms. The maximum absolute atomic E-state index is 14.1. The van der Waals surface area contributed by atoms with Crippen LogP contribution in [0.25, 0.3) is 50.3 Å². The van der Waals surface area contributed by atoms with Crippen molar-refractivity contribution in [3.05, 3.63) is 115 Å².